The van der Waals surface area contributed by atoms with Crippen LogP contribution in [-0.2, 0) is 13.1 Å². The van der Waals surface area contributed by atoms with Crippen LogP contribution in [0.15, 0.2) is 24.4 Å². The van der Waals surface area contributed by atoms with Crippen molar-refractivity contribution in [3.8, 4) is 0 Å². The minimum atomic E-state index is 0.354. The first-order chi connectivity index (χ1) is 8.19. The molecule has 2 N–H and O–H groups in total. The zero-order valence-electron chi connectivity index (χ0n) is 9.43. The number of nitrogens with zero attached hydrogens (tertiary/aromatic N) is 3. The molecule has 0 saturated carbocycles. The van der Waals surface area contributed by atoms with Gasteiger partial charge < -0.3 is 10.6 Å². The number of anilines is 1. The molecule has 0 aliphatic carbocycles. The predicted molar refractivity (Wildman–Crippen MR) is 71.4 cm³/mol. The van der Waals surface area contributed by atoms with Gasteiger partial charge in [-0.15, -0.1) is 11.3 Å². The van der Waals surface area contributed by atoms with Crippen LogP contribution in [0.25, 0.3) is 0 Å². The van der Waals surface area contributed by atoms with E-state index < -0.39 is 0 Å². The molecule has 2 aromatic rings. The molecule has 6 heteroatoms. The zero-order chi connectivity index (χ0) is 12.3. The molecule has 0 radical (unpaired) electrons. The number of thiophene rings is 1. The van der Waals surface area contributed by atoms with E-state index in [1.54, 1.807) is 17.5 Å². The van der Waals surface area contributed by atoms with Gasteiger partial charge in [-0.1, -0.05) is 11.6 Å². The summed E-state index contributed by atoms with van der Waals surface area (Å²) < 4.78 is 0.804. The number of halogens is 1. The van der Waals surface area contributed by atoms with Crippen LogP contribution < -0.4 is 10.6 Å². The molecule has 0 aliphatic heterocycles. The highest BCUT2D eigenvalue weighted by Crippen LogP contribution is 2.23. The van der Waals surface area contributed by atoms with Crippen molar-refractivity contribution in [2.75, 3.05) is 11.9 Å². The van der Waals surface area contributed by atoms with Crippen molar-refractivity contribution in [3.05, 3.63) is 39.4 Å². The Hall–Kier alpha value is -1.17. The van der Waals surface area contributed by atoms with Gasteiger partial charge in [0.2, 0.25) is 0 Å². The first-order valence-corrected chi connectivity index (χ1v) is 6.36. The van der Waals surface area contributed by atoms with Crippen LogP contribution >= 0.6 is 22.9 Å². The van der Waals surface area contributed by atoms with Gasteiger partial charge in [0.15, 0.2) is 0 Å². The standard InChI is InChI=1S/C11H13ClN4S/c1-16(7-8-2-3-9(12)17-8)11-4-5-14-10(6-13)15-11/h2-5H,6-7,13H2,1H3. The molecule has 2 heterocycles. The van der Waals surface area contributed by atoms with E-state index in [0.29, 0.717) is 12.4 Å². The van der Waals surface area contributed by atoms with Crippen molar-refractivity contribution in [2.45, 2.75) is 13.1 Å². The highest BCUT2D eigenvalue weighted by atomic mass is 35.5. The molecule has 0 bridgehead atoms. The molecule has 17 heavy (non-hydrogen) atoms. The zero-order valence-corrected chi connectivity index (χ0v) is 11.0. The molecule has 2 rings (SSSR count). The van der Waals surface area contributed by atoms with Gasteiger partial charge in [0.1, 0.15) is 11.6 Å². The SMILES string of the molecule is CN(Cc1ccc(Cl)s1)c1ccnc(CN)n1. The van der Waals surface area contributed by atoms with Crippen LogP contribution in [0.1, 0.15) is 10.7 Å². The maximum Gasteiger partial charge on any atom is 0.144 e. The summed E-state index contributed by atoms with van der Waals surface area (Å²) in [5, 5.41) is 0. The number of hydrogen-bond acceptors (Lipinski definition) is 5. The lowest BCUT2D eigenvalue weighted by Crippen LogP contribution is -2.18. The molecular formula is C11H13ClN4S. The lowest BCUT2D eigenvalue weighted by Gasteiger charge is -2.17. The molecule has 90 valence electrons. The molecule has 0 aliphatic rings. The smallest absolute Gasteiger partial charge is 0.144 e. The Morgan fingerprint density at radius 3 is 2.88 bits per heavy atom. The van der Waals surface area contributed by atoms with E-state index in [2.05, 4.69) is 9.97 Å². The van der Waals surface area contributed by atoms with E-state index in [-0.39, 0.29) is 0 Å². The van der Waals surface area contributed by atoms with E-state index >= 15 is 0 Å². The molecule has 0 fully saturated rings. The average Bonchev–Trinajstić information content (AvgIpc) is 2.75. The predicted octanol–water partition coefficient (Wildman–Crippen LogP) is 2.29. The van der Waals surface area contributed by atoms with Gasteiger partial charge in [-0.25, -0.2) is 9.97 Å². The summed E-state index contributed by atoms with van der Waals surface area (Å²) in [4.78, 5) is 11.7. The summed E-state index contributed by atoms with van der Waals surface area (Å²) in [6.07, 6.45) is 1.72. The average molecular weight is 269 g/mol. The molecule has 0 saturated heterocycles. The summed E-state index contributed by atoms with van der Waals surface area (Å²) in [5.74, 6) is 1.52. The minimum Gasteiger partial charge on any atom is -0.354 e. The van der Waals surface area contributed by atoms with E-state index in [0.717, 1.165) is 16.7 Å². The second kappa shape index (κ2) is 5.44. The fraction of sp³-hybridized carbons (Fsp3) is 0.273. The van der Waals surface area contributed by atoms with Gasteiger partial charge in [-0.05, 0) is 18.2 Å². The summed E-state index contributed by atoms with van der Waals surface area (Å²) in [7, 11) is 1.98. The van der Waals surface area contributed by atoms with Crippen LogP contribution in [0.5, 0.6) is 0 Å². The van der Waals surface area contributed by atoms with Crippen molar-refractivity contribution >= 4 is 28.8 Å². The third-order valence-corrected chi connectivity index (χ3v) is 3.50. The van der Waals surface area contributed by atoms with Crippen LogP contribution in [0.3, 0.4) is 0 Å². The molecular weight excluding hydrogens is 256 g/mol. The van der Waals surface area contributed by atoms with Crippen LogP contribution in [0.4, 0.5) is 5.82 Å². The first-order valence-electron chi connectivity index (χ1n) is 5.16. The third kappa shape index (κ3) is 3.15. The minimum absolute atomic E-state index is 0.354. The second-order valence-electron chi connectivity index (χ2n) is 3.60. The Morgan fingerprint density at radius 1 is 1.41 bits per heavy atom. The number of nitrogens with two attached hydrogens (primary N) is 1. The fourth-order valence-electron chi connectivity index (χ4n) is 1.45. The number of aromatic nitrogens is 2. The van der Waals surface area contributed by atoms with Gasteiger partial charge in [-0.3, -0.25) is 0 Å². The summed E-state index contributed by atoms with van der Waals surface area (Å²) in [6, 6.07) is 5.80. The maximum absolute atomic E-state index is 5.90. The Balaban J connectivity index is 2.11. The number of rotatable bonds is 4. The van der Waals surface area contributed by atoms with Gasteiger partial charge in [0.25, 0.3) is 0 Å². The third-order valence-electron chi connectivity index (χ3n) is 2.29. The summed E-state index contributed by atoms with van der Waals surface area (Å²) >= 11 is 7.47. The highest BCUT2D eigenvalue weighted by molar-refractivity contribution is 7.16. The second-order valence-corrected chi connectivity index (χ2v) is 5.40. The first kappa shape index (κ1) is 12.3. The largest absolute Gasteiger partial charge is 0.354 e. The van der Waals surface area contributed by atoms with Crippen molar-refractivity contribution in [1.82, 2.24) is 9.97 Å². The van der Waals surface area contributed by atoms with Crippen LogP contribution in [0.2, 0.25) is 4.34 Å². The quantitative estimate of drug-likeness (QED) is 0.924. The normalized spacial score (nSPS) is 10.5. The van der Waals surface area contributed by atoms with Gasteiger partial charge in [0, 0.05) is 18.1 Å². The number of hydrogen-bond donors (Lipinski definition) is 1. The summed E-state index contributed by atoms with van der Waals surface area (Å²) in [6.45, 7) is 1.13. The monoisotopic (exact) mass is 268 g/mol. The van der Waals surface area contributed by atoms with Gasteiger partial charge in [-0.2, -0.15) is 0 Å². The van der Waals surface area contributed by atoms with Crippen molar-refractivity contribution in [3.63, 3.8) is 0 Å². The lowest BCUT2D eigenvalue weighted by molar-refractivity contribution is 0.855. The molecule has 4 nitrogen and oxygen atoms in total. The van der Waals surface area contributed by atoms with Crippen molar-refractivity contribution in [2.24, 2.45) is 5.73 Å². The molecule has 0 atom stereocenters. The Bertz CT molecular complexity index is 500. The van der Waals surface area contributed by atoms with Crippen molar-refractivity contribution < 1.29 is 0 Å². The topological polar surface area (TPSA) is 55.0 Å². The van der Waals surface area contributed by atoms with E-state index in [1.807, 2.05) is 30.1 Å². The molecule has 0 unspecified atom stereocenters. The van der Waals surface area contributed by atoms with E-state index in [4.69, 9.17) is 17.3 Å². The van der Waals surface area contributed by atoms with Crippen molar-refractivity contribution in [1.29, 1.82) is 0 Å². The van der Waals surface area contributed by atoms with Gasteiger partial charge >= 0.3 is 0 Å². The fourth-order valence-corrected chi connectivity index (χ4v) is 2.59. The molecule has 2 aromatic heterocycles. The molecule has 0 amide bonds. The lowest BCUT2D eigenvalue weighted by atomic mass is 10.4. The van der Waals surface area contributed by atoms with Crippen LogP contribution in [-0.4, -0.2) is 17.0 Å². The Morgan fingerprint density at radius 2 is 2.24 bits per heavy atom. The molecule has 0 aromatic carbocycles. The molecule has 0 spiro atoms. The maximum atomic E-state index is 5.90. The Labute approximate surface area is 109 Å². The van der Waals surface area contributed by atoms with E-state index in [1.165, 1.54) is 4.88 Å². The van der Waals surface area contributed by atoms with E-state index in [9.17, 15) is 0 Å². The van der Waals surface area contributed by atoms with Crippen LogP contribution in [0, 0.1) is 0 Å². The Kier molecular flexibility index (Phi) is 3.93. The highest BCUT2D eigenvalue weighted by Gasteiger charge is 2.06. The summed E-state index contributed by atoms with van der Waals surface area (Å²) in [5.41, 5.74) is 5.52. The van der Waals surface area contributed by atoms with Gasteiger partial charge in [0.05, 0.1) is 17.4 Å².